The first kappa shape index (κ1) is 20.6. The van der Waals surface area contributed by atoms with Crippen LogP contribution in [0.25, 0.3) is 10.9 Å². The molecule has 0 spiro atoms. The largest absolute Gasteiger partial charge is 0.484 e. The first-order chi connectivity index (χ1) is 15.3. The van der Waals surface area contributed by atoms with Crippen LogP contribution in [0, 0.1) is 5.82 Å². The Balaban J connectivity index is 1.04. The zero-order valence-electron chi connectivity index (χ0n) is 17.0. The summed E-state index contributed by atoms with van der Waals surface area (Å²) in [6, 6.07) is 11.6. The highest BCUT2D eigenvalue weighted by molar-refractivity contribution is 6.30. The second-order valence-corrected chi connectivity index (χ2v) is 8.97. The maximum atomic E-state index is 13.4. The van der Waals surface area contributed by atoms with Crippen molar-refractivity contribution in [2.45, 2.75) is 30.3 Å². The van der Waals surface area contributed by atoms with Crippen LogP contribution in [-0.2, 0) is 9.59 Å². The molecule has 1 aromatic heterocycles. The van der Waals surface area contributed by atoms with Gasteiger partial charge in [0.25, 0.3) is 11.8 Å². The fourth-order valence-corrected chi connectivity index (χ4v) is 4.82. The van der Waals surface area contributed by atoms with Crippen LogP contribution in [-0.4, -0.2) is 41.1 Å². The molecule has 2 amide bonds. The number of carbonyl (C=O) groups is 2. The third kappa shape index (κ3) is 3.98. The van der Waals surface area contributed by atoms with Crippen LogP contribution in [0.2, 0.25) is 5.02 Å². The van der Waals surface area contributed by atoms with E-state index in [4.69, 9.17) is 21.1 Å². The first-order valence-electron chi connectivity index (χ1n) is 10.2. The van der Waals surface area contributed by atoms with E-state index in [-0.39, 0.29) is 46.9 Å². The van der Waals surface area contributed by atoms with Crippen LogP contribution < -0.4 is 20.1 Å². The van der Waals surface area contributed by atoms with Gasteiger partial charge in [-0.25, -0.2) is 4.39 Å². The molecule has 0 saturated heterocycles. The summed E-state index contributed by atoms with van der Waals surface area (Å²) in [4.78, 5) is 27.6. The summed E-state index contributed by atoms with van der Waals surface area (Å²) in [6.45, 7) is -0.292. The molecule has 3 aliphatic rings. The number of hydrogen-bond acceptors (Lipinski definition) is 4. The molecule has 1 heterocycles. The van der Waals surface area contributed by atoms with Gasteiger partial charge in [0.2, 0.25) is 0 Å². The van der Waals surface area contributed by atoms with E-state index in [1.165, 1.54) is 12.1 Å². The van der Waals surface area contributed by atoms with Gasteiger partial charge in [0.05, 0.1) is 5.02 Å². The average molecular weight is 458 g/mol. The lowest BCUT2D eigenvalue weighted by molar-refractivity contribution is -0.151. The summed E-state index contributed by atoms with van der Waals surface area (Å²) in [7, 11) is 0. The molecule has 3 saturated carbocycles. The average Bonchev–Trinajstić information content (AvgIpc) is 3.18. The van der Waals surface area contributed by atoms with Gasteiger partial charge in [0, 0.05) is 34.9 Å². The number of aromatic nitrogens is 1. The van der Waals surface area contributed by atoms with Gasteiger partial charge in [0.1, 0.15) is 17.3 Å². The van der Waals surface area contributed by atoms with Crippen molar-refractivity contribution in [3.63, 3.8) is 0 Å². The van der Waals surface area contributed by atoms with Crippen molar-refractivity contribution in [3.05, 3.63) is 59.5 Å². The number of H-pyrrole nitrogens is 1. The summed E-state index contributed by atoms with van der Waals surface area (Å²) in [5, 5.41) is 7.05. The number of hydrogen-bond donors (Lipinski definition) is 3. The highest BCUT2D eigenvalue weighted by atomic mass is 35.5. The van der Waals surface area contributed by atoms with Crippen LogP contribution in [0.15, 0.2) is 48.7 Å². The van der Waals surface area contributed by atoms with Crippen molar-refractivity contribution < 1.29 is 23.5 Å². The van der Waals surface area contributed by atoms with Crippen LogP contribution >= 0.6 is 11.6 Å². The highest BCUT2D eigenvalue weighted by Crippen LogP contribution is 2.60. The molecule has 3 fully saturated rings. The van der Waals surface area contributed by atoms with Crippen LogP contribution in [0.1, 0.15) is 19.3 Å². The van der Waals surface area contributed by atoms with Gasteiger partial charge in [-0.3, -0.25) is 9.59 Å². The predicted octanol–water partition coefficient (Wildman–Crippen LogP) is 3.33. The van der Waals surface area contributed by atoms with Crippen molar-refractivity contribution in [1.82, 2.24) is 15.6 Å². The van der Waals surface area contributed by atoms with Gasteiger partial charge in [-0.1, -0.05) is 11.6 Å². The van der Waals surface area contributed by atoms with Gasteiger partial charge >= 0.3 is 0 Å². The van der Waals surface area contributed by atoms with Gasteiger partial charge in [-0.15, -0.1) is 0 Å². The van der Waals surface area contributed by atoms with Gasteiger partial charge in [-0.05, 0) is 55.0 Å². The smallest absolute Gasteiger partial charge is 0.258 e. The normalized spacial score (nSPS) is 23.1. The summed E-state index contributed by atoms with van der Waals surface area (Å²) in [5.74, 6) is -0.223. The van der Waals surface area contributed by atoms with Crippen molar-refractivity contribution in [3.8, 4) is 11.5 Å². The molecular weight excluding hydrogens is 437 g/mol. The lowest BCUT2D eigenvalue weighted by Gasteiger charge is -2.70. The topological polar surface area (TPSA) is 92.5 Å². The van der Waals surface area contributed by atoms with Crippen LogP contribution in [0.5, 0.6) is 11.5 Å². The van der Waals surface area contributed by atoms with E-state index in [0.717, 1.165) is 17.0 Å². The Kier molecular flexibility index (Phi) is 4.97. The molecule has 2 aromatic carbocycles. The molecule has 7 nitrogen and oxygen atoms in total. The number of benzene rings is 2. The molecule has 0 radical (unpaired) electrons. The fourth-order valence-electron chi connectivity index (χ4n) is 4.70. The SMILES string of the molecule is O=C(COc1ccc(Cl)c(F)c1)NC12CC(NC(=O)COc3ccc4cc[nH]c4c3)(C1)C2. The number of carbonyl (C=O) groups excluding carboxylic acids is 2. The number of fused-ring (bicyclic) bond motifs is 1. The summed E-state index contributed by atoms with van der Waals surface area (Å²) >= 11 is 5.63. The Bertz CT molecular complexity index is 1190. The Labute approximate surface area is 188 Å². The second-order valence-electron chi connectivity index (χ2n) is 8.57. The lowest BCUT2D eigenvalue weighted by atomic mass is 9.44. The Morgan fingerprint density at radius 3 is 2.16 bits per heavy atom. The number of rotatable bonds is 8. The quantitative estimate of drug-likeness (QED) is 0.484. The molecule has 3 aromatic rings. The van der Waals surface area contributed by atoms with Crippen molar-refractivity contribution in [1.29, 1.82) is 0 Å². The van der Waals surface area contributed by atoms with E-state index in [9.17, 15) is 14.0 Å². The fraction of sp³-hybridized carbons (Fsp3) is 0.304. The molecule has 0 unspecified atom stereocenters. The molecule has 166 valence electrons. The predicted molar refractivity (Wildman–Crippen MR) is 116 cm³/mol. The standard InChI is InChI=1S/C23H21ClFN3O4/c24-17-4-3-15(7-18(17)25)31-9-20(29)27-22-11-23(12-22,13-22)28-21(30)10-32-16-2-1-14-5-6-26-19(14)8-16/h1-8,26H,9-13H2,(H,27,29)(H,28,30). The number of amides is 2. The minimum absolute atomic E-state index is 0.00463. The molecule has 32 heavy (non-hydrogen) atoms. The maximum Gasteiger partial charge on any atom is 0.258 e. The van der Waals surface area contributed by atoms with Crippen molar-refractivity contribution in [2.75, 3.05) is 13.2 Å². The van der Waals surface area contributed by atoms with Crippen molar-refractivity contribution >= 4 is 34.3 Å². The summed E-state index contributed by atoms with van der Waals surface area (Å²) in [5.41, 5.74) is 0.362. The second kappa shape index (κ2) is 7.70. The molecule has 9 heteroatoms. The van der Waals surface area contributed by atoms with E-state index in [0.29, 0.717) is 25.0 Å². The third-order valence-electron chi connectivity index (χ3n) is 6.00. The third-order valence-corrected chi connectivity index (χ3v) is 6.30. The minimum Gasteiger partial charge on any atom is -0.484 e. The zero-order chi connectivity index (χ0) is 22.3. The van der Waals surface area contributed by atoms with Crippen LogP contribution in [0.3, 0.4) is 0 Å². The van der Waals surface area contributed by atoms with Gasteiger partial charge in [0.15, 0.2) is 13.2 Å². The highest BCUT2D eigenvalue weighted by Gasteiger charge is 2.69. The lowest BCUT2D eigenvalue weighted by Crippen LogP contribution is -2.84. The van der Waals surface area contributed by atoms with E-state index >= 15 is 0 Å². The Morgan fingerprint density at radius 1 is 0.938 bits per heavy atom. The Morgan fingerprint density at radius 2 is 1.53 bits per heavy atom. The first-order valence-corrected chi connectivity index (χ1v) is 10.6. The Hall–Kier alpha value is -3.26. The number of halogens is 2. The van der Waals surface area contributed by atoms with E-state index in [1.54, 1.807) is 0 Å². The molecule has 2 bridgehead atoms. The molecule has 3 N–H and O–H groups in total. The molecule has 3 aliphatic carbocycles. The summed E-state index contributed by atoms with van der Waals surface area (Å²) < 4.78 is 24.4. The molecule has 0 aliphatic heterocycles. The molecular formula is C23H21ClFN3O4. The molecule has 6 rings (SSSR count). The zero-order valence-corrected chi connectivity index (χ0v) is 17.8. The van der Waals surface area contributed by atoms with E-state index in [2.05, 4.69) is 15.6 Å². The van der Waals surface area contributed by atoms with E-state index in [1.807, 2.05) is 30.5 Å². The van der Waals surface area contributed by atoms with E-state index < -0.39 is 5.82 Å². The van der Waals surface area contributed by atoms with Gasteiger partial charge < -0.3 is 25.1 Å². The summed E-state index contributed by atoms with van der Waals surface area (Å²) in [6.07, 6.45) is 3.85. The van der Waals surface area contributed by atoms with Crippen LogP contribution in [0.4, 0.5) is 4.39 Å². The number of aromatic amines is 1. The number of nitrogens with one attached hydrogen (secondary N) is 3. The minimum atomic E-state index is -0.601. The monoisotopic (exact) mass is 457 g/mol. The molecule has 0 atom stereocenters. The maximum absolute atomic E-state index is 13.4. The number of ether oxygens (including phenoxy) is 2. The van der Waals surface area contributed by atoms with Crippen molar-refractivity contribution in [2.24, 2.45) is 0 Å². The van der Waals surface area contributed by atoms with Gasteiger partial charge in [-0.2, -0.15) is 0 Å².